The molecule has 3 aromatic rings. The molecule has 0 spiro atoms. The fourth-order valence-electron chi connectivity index (χ4n) is 2.08. The third-order valence-electron chi connectivity index (χ3n) is 3.33. The van der Waals surface area contributed by atoms with Gasteiger partial charge in [0.2, 0.25) is 0 Å². The van der Waals surface area contributed by atoms with Crippen molar-refractivity contribution in [3.05, 3.63) is 77.5 Å². The molecule has 1 aromatic heterocycles. The number of pyridine rings is 1. The Morgan fingerprint density at radius 1 is 0.923 bits per heavy atom. The van der Waals surface area contributed by atoms with Crippen LogP contribution in [0.15, 0.2) is 65.7 Å². The Morgan fingerprint density at radius 3 is 2.23 bits per heavy atom. The molecule has 0 aliphatic heterocycles. The van der Waals surface area contributed by atoms with Gasteiger partial charge in [-0.05, 0) is 54.6 Å². The second-order valence-corrected chi connectivity index (χ2v) is 7.34. The van der Waals surface area contributed by atoms with Gasteiger partial charge in [-0.15, -0.1) is 0 Å². The van der Waals surface area contributed by atoms with E-state index in [1.54, 1.807) is 6.07 Å². The van der Waals surface area contributed by atoms with Crippen LogP contribution in [0, 0.1) is 11.6 Å². The van der Waals surface area contributed by atoms with Crippen molar-refractivity contribution in [1.29, 1.82) is 0 Å². The molecule has 5 nitrogen and oxygen atoms in total. The van der Waals surface area contributed by atoms with Gasteiger partial charge in [0, 0.05) is 5.69 Å². The Labute approximate surface area is 153 Å². The van der Waals surface area contributed by atoms with Gasteiger partial charge in [-0.1, -0.05) is 11.6 Å². The van der Waals surface area contributed by atoms with E-state index in [1.807, 2.05) is 0 Å². The normalized spacial score (nSPS) is 11.2. The van der Waals surface area contributed by atoms with Crippen LogP contribution in [0.3, 0.4) is 0 Å². The van der Waals surface area contributed by atoms with Crippen molar-refractivity contribution in [2.24, 2.45) is 0 Å². The molecule has 0 amide bonds. The SMILES string of the molecule is O=S(=O)(Nc1ccc(Nc2ccc(F)c(Cl)c2)cn1)c1ccc(F)cc1. The second-order valence-electron chi connectivity index (χ2n) is 5.25. The van der Waals surface area contributed by atoms with Crippen LogP contribution in [-0.4, -0.2) is 13.4 Å². The van der Waals surface area contributed by atoms with Gasteiger partial charge in [0.15, 0.2) is 0 Å². The van der Waals surface area contributed by atoms with Gasteiger partial charge in [-0.3, -0.25) is 4.72 Å². The van der Waals surface area contributed by atoms with Crippen LogP contribution in [0.2, 0.25) is 5.02 Å². The summed E-state index contributed by atoms with van der Waals surface area (Å²) >= 11 is 5.72. The average Bonchev–Trinajstić information content (AvgIpc) is 2.60. The smallest absolute Gasteiger partial charge is 0.263 e. The van der Waals surface area contributed by atoms with E-state index in [0.29, 0.717) is 11.4 Å². The summed E-state index contributed by atoms with van der Waals surface area (Å²) in [5, 5.41) is 2.95. The third-order valence-corrected chi connectivity index (χ3v) is 4.99. The molecule has 9 heteroatoms. The molecule has 0 saturated heterocycles. The van der Waals surface area contributed by atoms with E-state index in [9.17, 15) is 17.2 Å². The number of hydrogen-bond acceptors (Lipinski definition) is 4. The summed E-state index contributed by atoms with van der Waals surface area (Å²) in [7, 11) is -3.87. The molecule has 1 heterocycles. The van der Waals surface area contributed by atoms with E-state index in [0.717, 1.165) is 24.3 Å². The highest BCUT2D eigenvalue weighted by Gasteiger charge is 2.14. The summed E-state index contributed by atoms with van der Waals surface area (Å²) in [4.78, 5) is 3.93. The standard InChI is InChI=1S/C17H12ClF2N3O2S/c18-15-9-12(3-7-16(15)20)22-13-4-8-17(21-10-13)23-26(24,25)14-5-1-11(19)2-6-14/h1-10,22H,(H,21,23). The van der Waals surface area contributed by atoms with Crippen LogP contribution < -0.4 is 10.0 Å². The number of nitrogens with zero attached hydrogens (tertiary/aromatic N) is 1. The van der Waals surface area contributed by atoms with Gasteiger partial charge < -0.3 is 5.32 Å². The van der Waals surface area contributed by atoms with Crippen molar-refractivity contribution in [2.45, 2.75) is 4.90 Å². The zero-order valence-electron chi connectivity index (χ0n) is 13.1. The van der Waals surface area contributed by atoms with Crippen LogP contribution in [0.25, 0.3) is 0 Å². The number of hydrogen-bond donors (Lipinski definition) is 2. The molecule has 3 rings (SSSR count). The molecular formula is C17H12ClF2N3O2S. The molecule has 26 heavy (non-hydrogen) atoms. The van der Waals surface area contributed by atoms with E-state index in [2.05, 4.69) is 15.0 Å². The van der Waals surface area contributed by atoms with Gasteiger partial charge in [0.1, 0.15) is 17.5 Å². The van der Waals surface area contributed by atoms with Crippen LogP contribution in [-0.2, 0) is 10.0 Å². The maximum absolute atomic E-state index is 13.2. The molecule has 134 valence electrons. The molecule has 2 aromatic carbocycles. The van der Waals surface area contributed by atoms with E-state index < -0.39 is 21.7 Å². The minimum atomic E-state index is -3.87. The minimum absolute atomic E-state index is 0.0216. The molecule has 0 radical (unpaired) electrons. The second kappa shape index (κ2) is 7.27. The maximum Gasteiger partial charge on any atom is 0.263 e. The van der Waals surface area contributed by atoms with E-state index in [1.165, 1.54) is 30.5 Å². The highest BCUT2D eigenvalue weighted by atomic mass is 35.5. The molecule has 0 bridgehead atoms. The highest BCUT2D eigenvalue weighted by Crippen LogP contribution is 2.23. The number of benzene rings is 2. The Bertz CT molecular complexity index is 1030. The van der Waals surface area contributed by atoms with Gasteiger partial charge in [0.05, 0.1) is 21.8 Å². The molecule has 0 aliphatic carbocycles. The number of rotatable bonds is 5. The van der Waals surface area contributed by atoms with Crippen molar-refractivity contribution in [3.63, 3.8) is 0 Å². The van der Waals surface area contributed by atoms with Crippen LogP contribution in [0.4, 0.5) is 26.0 Å². The Balaban J connectivity index is 1.73. The lowest BCUT2D eigenvalue weighted by Crippen LogP contribution is -2.13. The van der Waals surface area contributed by atoms with Crippen molar-refractivity contribution in [1.82, 2.24) is 4.98 Å². The van der Waals surface area contributed by atoms with E-state index in [-0.39, 0.29) is 15.7 Å². The minimum Gasteiger partial charge on any atom is -0.354 e. The first kappa shape index (κ1) is 18.1. The number of sulfonamides is 1. The third kappa shape index (κ3) is 4.27. The molecular weight excluding hydrogens is 384 g/mol. The monoisotopic (exact) mass is 395 g/mol. The van der Waals surface area contributed by atoms with Crippen molar-refractivity contribution in [2.75, 3.05) is 10.0 Å². The molecule has 2 N–H and O–H groups in total. The zero-order chi connectivity index (χ0) is 18.7. The number of nitrogens with one attached hydrogen (secondary N) is 2. The quantitative estimate of drug-likeness (QED) is 0.664. The van der Waals surface area contributed by atoms with Gasteiger partial charge in [-0.25, -0.2) is 22.2 Å². The topological polar surface area (TPSA) is 71.1 Å². The Kier molecular flexibility index (Phi) is 5.06. The van der Waals surface area contributed by atoms with E-state index >= 15 is 0 Å². The highest BCUT2D eigenvalue weighted by molar-refractivity contribution is 7.92. The summed E-state index contributed by atoms with van der Waals surface area (Å²) in [5.74, 6) is -0.962. The first-order chi connectivity index (χ1) is 12.3. The molecule has 0 unspecified atom stereocenters. The van der Waals surface area contributed by atoms with Gasteiger partial charge >= 0.3 is 0 Å². The maximum atomic E-state index is 13.2. The van der Waals surface area contributed by atoms with Crippen LogP contribution >= 0.6 is 11.6 Å². The predicted molar refractivity (Wildman–Crippen MR) is 96.1 cm³/mol. The summed E-state index contributed by atoms with van der Waals surface area (Å²) in [6, 6.07) is 11.6. The summed E-state index contributed by atoms with van der Waals surface area (Å²) in [6.07, 6.45) is 1.40. The molecule has 0 aliphatic rings. The lowest BCUT2D eigenvalue weighted by atomic mass is 10.3. The summed E-state index contributed by atoms with van der Waals surface area (Å²) < 4.78 is 52.8. The lowest BCUT2D eigenvalue weighted by molar-refractivity contribution is 0.599. The molecule has 0 atom stereocenters. The first-order valence-corrected chi connectivity index (χ1v) is 9.16. The zero-order valence-corrected chi connectivity index (χ0v) is 14.7. The fraction of sp³-hybridized carbons (Fsp3) is 0. The molecule has 0 fully saturated rings. The number of anilines is 3. The number of halogens is 3. The van der Waals surface area contributed by atoms with E-state index in [4.69, 9.17) is 11.6 Å². The molecule has 0 saturated carbocycles. The lowest BCUT2D eigenvalue weighted by Gasteiger charge is -2.10. The predicted octanol–water partition coefficient (Wildman–Crippen LogP) is 4.56. The van der Waals surface area contributed by atoms with Crippen molar-refractivity contribution >= 4 is 38.8 Å². The summed E-state index contributed by atoms with van der Waals surface area (Å²) in [5.41, 5.74) is 1.11. The number of aromatic nitrogens is 1. The summed E-state index contributed by atoms with van der Waals surface area (Å²) in [6.45, 7) is 0. The largest absolute Gasteiger partial charge is 0.354 e. The van der Waals surface area contributed by atoms with Crippen molar-refractivity contribution in [3.8, 4) is 0 Å². The van der Waals surface area contributed by atoms with Crippen molar-refractivity contribution < 1.29 is 17.2 Å². The Hall–Kier alpha value is -2.71. The average molecular weight is 396 g/mol. The fourth-order valence-corrected chi connectivity index (χ4v) is 3.27. The Morgan fingerprint density at radius 2 is 1.62 bits per heavy atom. The van der Waals surface area contributed by atoms with Gasteiger partial charge in [0.25, 0.3) is 10.0 Å². The van der Waals surface area contributed by atoms with Crippen LogP contribution in [0.1, 0.15) is 0 Å². The van der Waals surface area contributed by atoms with Gasteiger partial charge in [-0.2, -0.15) is 0 Å². The first-order valence-electron chi connectivity index (χ1n) is 7.30. The van der Waals surface area contributed by atoms with Crippen LogP contribution in [0.5, 0.6) is 0 Å².